The molecule has 3 fully saturated rings. The van der Waals surface area contributed by atoms with Gasteiger partial charge in [0.15, 0.2) is 10.8 Å². The van der Waals surface area contributed by atoms with Crippen LogP contribution in [0.3, 0.4) is 0 Å². The fourth-order valence-corrected chi connectivity index (χ4v) is 4.20. The molecule has 18 heavy (non-hydrogen) atoms. The number of nitrogens with one attached hydrogen (secondary N) is 5. The van der Waals surface area contributed by atoms with Crippen LogP contribution in [0.1, 0.15) is 0 Å². The molecular formula is C10H19BrN7+. The van der Waals surface area contributed by atoms with Crippen LogP contribution in [0.15, 0.2) is 10.3 Å². The third kappa shape index (κ3) is 1.36. The normalized spacial score (nSPS) is 43.6. The van der Waals surface area contributed by atoms with Crippen molar-refractivity contribution in [2.24, 2.45) is 0 Å². The van der Waals surface area contributed by atoms with Gasteiger partial charge in [-0.25, -0.2) is 0 Å². The van der Waals surface area contributed by atoms with E-state index in [4.69, 9.17) is 0 Å². The van der Waals surface area contributed by atoms with E-state index in [2.05, 4.69) is 54.3 Å². The highest BCUT2D eigenvalue weighted by molar-refractivity contribution is 9.11. The highest BCUT2D eigenvalue weighted by Crippen LogP contribution is 2.27. The van der Waals surface area contributed by atoms with Crippen LogP contribution in [0.5, 0.6) is 0 Å². The summed E-state index contributed by atoms with van der Waals surface area (Å²) in [5, 5.41) is 20.4. The molecule has 5 N–H and O–H groups in total. The van der Waals surface area contributed by atoms with E-state index in [-0.39, 0.29) is 0 Å². The maximum absolute atomic E-state index is 3.76. The fraction of sp³-hybridized carbons (Fsp3) is 0.800. The van der Waals surface area contributed by atoms with Gasteiger partial charge >= 0.3 is 0 Å². The first-order valence-electron chi connectivity index (χ1n) is 6.51. The lowest BCUT2D eigenvalue weighted by atomic mass is 10.2. The second kappa shape index (κ2) is 4.06. The summed E-state index contributed by atoms with van der Waals surface area (Å²) in [6.45, 7) is 4.04. The van der Waals surface area contributed by atoms with E-state index in [0.717, 1.165) is 26.2 Å². The Kier molecular flexibility index (Phi) is 2.58. The summed E-state index contributed by atoms with van der Waals surface area (Å²) in [7, 11) is 2.17. The summed E-state index contributed by atoms with van der Waals surface area (Å²) < 4.78 is 1.17. The molecular weight excluding hydrogens is 298 g/mol. The summed E-state index contributed by atoms with van der Waals surface area (Å²) in [6, 6.07) is 0. The second-order valence-electron chi connectivity index (χ2n) is 5.16. The molecule has 4 unspecified atom stereocenters. The van der Waals surface area contributed by atoms with Crippen molar-refractivity contribution in [3.8, 4) is 0 Å². The second-order valence-corrected chi connectivity index (χ2v) is 5.91. The molecule has 0 bridgehead atoms. The van der Waals surface area contributed by atoms with Gasteiger partial charge in [-0.2, -0.15) is 5.01 Å². The number of rotatable bonds is 0. The van der Waals surface area contributed by atoms with E-state index in [1.807, 2.05) is 0 Å². The molecule has 4 aliphatic rings. The van der Waals surface area contributed by atoms with Crippen LogP contribution >= 0.6 is 15.9 Å². The molecule has 3 saturated heterocycles. The van der Waals surface area contributed by atoms with Gasteiger partial charge < -0.3 is 5.32 Å². The minimum absolute atomic E-state index is 0.298. The number of nitrogens with zero attached hydrogens (tertiary/aromatic N) is 2. The van der Waals surface area contributed by atoms with Crippen molar-refractivity contribution in [3.05, 3.63) is 10.3 Å². The number of likely N-dealkylation sites (N-methyl/N-ethyl adjacent to an activating group) is 1. The average Bonchev–Trinajstić information content (AvgIpc) is 2.87. The van der Waals surface area contributed by atoms with E-state index in [1.54, 1.807) is 0 Å². The zero-order valence-corrected chi connectivity index (χ0v) is 11.9. The molecule has 4 heterocycles. The van der Waals surface area contributed by atoms with E-state index in [1.165, 1.54) is 15.4 Å². The maximum Gasteiger partial charge on any atom is 0.226 e. The van der Waals surface area contributed by atoms with Crippen molar-refractivity contribution in [2.45, 2.75) is 18.5 Å². The average molecular weight is 317 g/mol. The summed E-state index contributed by atoms with van der Waals surface area (Å²) in [5.74, 6) is 0. The number of fused-ring (bicyclic) bond motifs is 5. The van der Waals surface area contributed by atoms with Crippen LogP contribution in [0, 0.1) is 0 Å². The molecule has 0 spiro atoms. The fourth-order valence-electron chi connectivity index (χ4n) is 3.42. The molecule has 0 amide bonds. The van der Waals surface area contributed by atoms with Gasteiger partial charge in [-0.1, -0.05) is 0 Å². The van der Waals surface area contributed by atoms with Crippen molar-refractivity contribution >= 4 is 15.9 Å². The Balaban J connectivity index is 1.73. The number of hydrogen-bond acceptors (Lipinski definition) is 6. The zero-order chi connectivity index (χ0) is 12.3. The maximum atomic E-state index is 3.76. The van der Waals surface area contributed by atoms with Gasteiger partial charge in [0.1, 0.15) is 11.9 Å². The van der Waals surface area contributed by atoms with Crippen molar-refractivity contribution < 1.29 is 5.12 Å². The van der Waals surface area contributed by atoms with E-state index in [9.17, 15) is 0 Å². The van der Waals surface area contributed by atoms with Crippen LogP contribution in [0.25, 0.3) is 0 Å². The predicted octanol–water partition coefficient (Wildman–Crippen LogP) is -3.11. The summed E-state index contributed by atoms with van der Waals surface area (Å²) >= 11 is 3.76. The van der Waals surface area contributed by atoms with Gasteiger partial charge in [0.05, 0.1) is 0 Å². The van der Waals surface area contributed by atoms with Gasteiger partial charge in [-0.3, -0.25) is 16.0 Å². The molecule has 4 rings (SSSR count). The Morgan fingerprint density at radius 3 is 2.67 bits per heavy atom. The van der Waals surface area contributed by atoms with Crippen molar-refractivity contribution in [2.75, 3.05) is 33.2 Å². The molecule has 0 aromatic heterocycles. The Hall–Kier alpha value is -0.380. The van der Waals surface area contributed by atoms with E-state index >= 15 is 0 Å². The number of halogens is 1. The van der Waals surface area contributed by atoms with Gasteiger partial charge in [0.2, 0.25) is 6.17 Å². The van der Waals surface area contributed by atoms with Crippen molar-refractivity contribution in [1.29, 1.82) is 0 Å². The van der Waals surface area contributed by atoms with E-state index in [0.29, 0.717) is 18.5 Å². The molecule has 0 saturated carbocycles. The van der Waals surface area contributed by atoms with Gasteiger partial charge in [0.25, 0.3) is 0 Å². The summed E-state index contributed by atoms with van der Waals surface area (Å²) in [4.78, 5) is 0. The first-order chi connectivity index (χ1) is 8.79. The molecule has 0 aromatic rings. The molecule has 7 nitrogen and oxygen atoms in total. The molecule has 0 radical (unpaired) electrons. The molecule has 100 valence electrons. The van der Waals surface area contributed by atoms with Crippen LogP contribution in [-0.2, 0) is 0 Å². The number of hydrogen-bond donors (Lipinski definition) is 5. The molecule has 4 atom stereocenters. The third-order valence-corrected chi connectivity index (χ3v) is 5.01. The summed E-state index contributed by atoms with van der Waals surface area (Å²) in [6.07, 6.45) is 0.966. The number of piperazine rings is 2. The lowest BCUT2D eigenvalue weighted by molar-refractivity contribution is -1.10. The van der Waals surface area contributed by atoms with Gasteiger partial charge in [0, 0.05) is 33.2 Å². The van der Waals surface area contributed by atoms with Crippen molar-refractivity contribution in [3.63, 3.8) is 0 Å². The monoisotopic (exact) mass is 316 g/mol. The first kappa shape index (κ1) is 11.4. The van der Waals surface area contributed by atoms with Crippen LogP contribution in [0.2, 0.25) is 0 Å². The van der Waals surface area contributed by atoms with E-state index < -0.39 is 0 Å². The Bertz CT molecular complexity index is 400. The quantitative estimate of drug-likeness (QED) is 0.305. The molecule has 0 aromatic carbocycles. The summed E-state index contributed by atoms with van der Waals surface area (Å²) in [5.41, 5.74) is 1.27. The first-order valence-corrected chi connectivity index (χ1v) is 7.31. The minimum Gasteiger partial charge on any atom is -0.379 e. The van der Waals surface area contributed by atoms with Gasteiger partial charge in [-0.05, 0) is 15.9 Å². The molecule has 8 heteroatoms. The highest BCUT2D eigenvalue weighted by atomic mass is 79.9. The smallest absolute Gasteiger partial charge is 0.226 e. The predicted molar refractivity (Wildman–Crippen MR) is 69.9 cm³/mol. The minimum atomic E-state index is 0.298. The van der Waals surface area contributed by atoms with Crippen LogP contribution < -0.4 is 26.4 Å². The van der Waals surface area contributed by atoms with Crippen molar-refractivity contribution in [1.82, 2.24) is 31.3 Å². The largest absolute Gasteiger partial charge is 0.379 e. The highest BCUT2D eigenvalue weighted by Gasteiger charge is 2.59. The Morgan fingerprint density at radius 2 is 1.83 bits per heavy atom. The Labute approximate surface area is 115 Å². The Morgan fingerprint density at radius 1 is 1.11 bits per heavy atom. The third-order valence-electron chi connectivity index (χ3n) is 4.20. The topological polar surface area (TPSA) is 59.0 Å². The zero-order valence-electron chi connectivity index (χ0n) is 10.3. The SMILES string of the molecule is CN1C2NCCNC2N2C(Br)=C3NCCNC3[NH+]12. The van der Waals surface area contributed by atoms with Crippen LogP contribution in [0.4, 0.5) is 0 Å². The number of quaternary nitrogens is 1. The molecule has 4 aliphatic heterocycles. The van der Waals surface area contributed by atoms with Crippen LogP contribution in [-0.4, -0.2) is 61.7 Å². The van der Waals surface area contributed by atoms with Gasteiger partial charge in [-0.15, -0.1) is 10.1 Å². The lowest BCUT2D eigenvalue weighted by Gasteiger charge is -2.31. The molecule has 0 aliphatic carbocycles. The lowest BCUT2D eigenvalue weighted by Crippen LogP contribution is -3.24. The standard InChI is InChI=1S/C10H18BrN7/c1-16-9-10(15-5-4-14-9)17-7(11)6-8(18(16)17)13-3-2-12-6/h8-10,12-15H,2-5H2,1H3/p+1.